The van der Waals surface area contributed by atoms with Crippen LogP contribution in [0.2, 0.25) is 0 Å². The Bertz CT molecular complexity index is 473. The van der Waals surface area contributed by atoms with E-state index in [4.69, 9.17) is 5.73 Å². The van der Waals surface area contributed by atoms with Crippen LogP contribution in [0.5, 0.6) is 0 Å². The highest BCUT2D eigenvalue weighted by molar-refractivity contribution is 7.77. The van der Waals surface area contributed by atoms with Gasteiger partial charge in [-0.05, 0) is 57.9 Å². The number of nitrogens with one attached hydrogen (secondary N) is 1. The van der Waals surface area contributed by atoms with Crippen molar-refractivity contribution in [3.05, 3.63) is 23.8 Å². The number of nitrogens with zero attached hydrogens (tertiary/aromatic N) is 1. The zero-order chi connectivity index (χ0) is 15.3. The maximum Gasteiger partial charge on any atom is 0.0370 e. The summed E-state index contributed by atoms with van der Waals surface area (Å²) in [5.74, 6) is 0. The first-order chi connectivity index (χ1) is 9.29. The zero-order valence-electron chi connectivity index (χ0n) is 12.6. The Hall–Kier alpha value is -1.11. The molecule has 0 saturated heterocycles. The van der Waals surface area contributed by atoms with Gasteiger partial charge in [-0.3, -0.25) is 4.21 Å². The molecule has 1 unspecified atom stereocenters. The van der Waals surface area contributed by atoms with Gasteiger partial charge in [0.05, 0.1) is 0 Å². The van der Waals surface area contributed by atoms with Crippen LogP contribution >= 0.6 is 0 Å². The number of rotatable bonds is 7. The molecule has 0 heterocycles. The molecule has 0 aromatic heterocycles. The molecule has 0 bridgehead atoms. The van der Waals surface area contributed by atoms with Crippen LogP contribution in [0.4, 0.5) is 11.4 Å². The van der Waals surface area contributed by atoms with E-state index in [-0.39, 0.29) is 0 Å². The minimum atomic E-state index is -2.28. The third kappa shape index (κ3) is 4.77. The number of nitrogens with two attached hydrogens (primary N) is 1. The number of anilines is 2. The molecule has 1 rings (SSSR count). The summed E-state index contributed by atoms with van der Waals surface area (Å²) in [6.45, 7) is 9.73. The van der Waals surface area contributed by atoms with Gasteiger partial charge >= 0.3 is 0 Å². The van der Waals surface area contributed by atoms with Crippen molar-refractivity contribution >= 4 is 22.6 Å². The van der Waals surface area contributed by atoms with Gasteiger partial charge in [-0.1, -0.05) is 0 Å². The van der Waals surface area contributed by atoms with Crippen molar-refractivity contribution in [1.82, 2.24) is 4.72 Å². The highest BCUT2D eigenvalue weighted by atomic mass is 32.2. The van der Waals surface area contributed by atoms with Crippen molar-refractivity contribution in [2.45, 2.75) is 39.7 Å². The predicted molar refractivity (Wildman–Crippen MR) is 84.3 cm³/mol. The summed E-state index contributed by atoms with van der Waals surface area (Å²) in [7, 11) is 0. The normalized spacial score (nSPS) is 13.2. The molecule has 114 valence electrons. The standard InChI is InChI=1S/C14H25N3O2S/c1-5-17(6-2)12-7-8-13(15)11(9-12)10-14(3,4)16-20(18)19/h7-9,16H,5-6,10,15H2,1-4H3,(H,18,19)/p-1. The fourth-order valence-corrected chi connectivity index (χ4v) is 2.79. The molecule has 0 aliphatic carbocycles. The molecular formula is C14H24N3O2S-. The van der Waals surface area contributed by atoms with Crippen molar-refractivity contribution in [3.8, 4) is 0 Å². The Morgan fingerprint density at radius 3 is 2.45 bits per heavy atom. The number of benzene rings is 1. The Labute approximate surface area is 124 Å². The first-order valence-corrected chi connectivity index (χ1v) is 7.87. The van der Waals surface area contributed by atoms with Gasteiger partial charge in [-0.2, -0.15) is 0 Å². The van der Waals surface area contributed by atoms with Crippen LogP contribution in [0.15, 0.2) is 18.2 Å². The molecule has 1 aromatic rings. The van der Waals surface area contributed by atoms with Gasteiger partial charge in [0.25, 0.3) is 0 Å². The second kappa shape index (κ2) is 7.06. The average Bonchev–Trinajstić information content (AvgIpc) is 2.32. The van der Waals surface area contributed by atoms with Gasteiger partial charge < -0.3 is 15.2 Å². The Morgan fingerprint density at radius 2 is 1.95 bits per heavy atom. The largest absolute Gasteiger partial charge is 0.760 e. The Morgan fingerprint density at radius 1 is 1.35 bits per heavy atom. The lowest BCUT2D eigenvalue weighted by atomic mass is 9.94. The molecule has 20 heavy (non-hydrogen) atoms. The van der Waals surface area contributed by atoms with Gasteiger partial charge in [0, 0.05) is 41.3 Å². The Balaban J connectivity index is 3.00. The van der Waals surface area contributed by atoms with Crippen LogP contribution in [-0.4, -0.2) is 27.4 Å². The van der Waals surface area contributed by atoms with Gasteiger partial charge in [0.2, 0.25) is 0 Å². The SMILES string of the molecule is CCN(CC)c1ccc(N)c(CC(C)(C)NS(=O)[O-])c1. The van der Waals surface area contributed by atoms with E-state index >= 15 is 0 Å². The number of hydrogen-bond acceptors (Lipinski definition) is 4. The summed E-state index contributed by atoms with van der Waals surface area (Å²) in [5.41, 5.74) is 8.20. The molecule has 0 aliphatic rings. The van der Waals surface area contributed by atoms with E-state index < -0.39 is 16.8 Å². The average molecular weight is 298 g/mol. The van der Waals surface area contributed by atoms with E-state index in [1.165, 1.54) is 0 Å². The van der Waals surface area contributed by atoms with E-state index in [0.29, 0.717) is 12.1 Å². The third-order valence-electron chi connectivity index (χ3n) is 3.25. The summed E-state index contributed by atoms with van der Waals surface area (Å²) < 4.78 is 24.1. The summed E-state index contributed by atoms with van der Waals surface area (Å²) in [6, 6.07) is 5.92. The van der Waals surface area contributed by atoms with Crippen molar-refractivity contribution < 1.29 is 8.76 Å². The summed E-state index contributed by atoms with van der Waals surface area (Å²) in [6.07, 6.45) is 0.544. The van der Waals surface area contributed by atoms with E-state index in [0.717, 1.165) is 24.3 Å². The Kier molecular flexibility index (Phi) is 5.98. The van der Waals surface area contributed by atoms with E-state index in [9.17, 15) is 8.76 Å². The van der Waals surface area contributed by atoms with Crippen LogP contribution in [-0.2, 0) is 17.7 Å². The van der Waals surface area contributed by atoms with E-state index in [2.05, 4.69) is 23.5 Å². The van der Waals surface area contributed by atoms with Gasteiger partial charge in [0.1, 0.15) is 0 Å². The quantitative estimate of drug-likeness (QED) is 0.594. The molecule has 1 aromatic carbocycles. The molecule has 1 atom stereocenters. The second-order valence-corrected chi connectivity index (χ2v) is 6.13. The van der Waals surface area contributed by atoms with Crippen molar-refractivity contribution in [2.24, 2.45) is 0 Å². The van der Waals surface area contributed by atoms with Crippen LogP contribution < -0.4 is 15.4 Å². The lowest BCUT2D eigenvalue weighted by Gasteiger charge is -2.29. The van der Waals surface area contributed by atoms with Crippen molar-refractivity contribution in [2.75, 3.05) is 23.7 Å². The maximum atomic E-state index is 10.8. The summed E-state index contributed by atoms with van der Waals surface area (Å²) in [5, 5.41) is 0. The predicted octanol–water partition coefficient (Wildman–Crippen LogP) is 1.82. The zero-order valence-corrected chi connectivity index (χ0v) is 13.4. The molecule has 0 amide bonds. The minimum absolute atomic E-state index is 0.544. The van der Waals surface area contributed by atoms with Crippen LogP contribution in [0.1, 0.15) is 33.3 Å². The van der Waals surface area contributed by atoms with E-state index in [1.54, 1.807) is 0 Å². The molecule has 5 nitrogen and oxygen atoms in total. The summed E-state index contributed by atoms with van der Waals surface area (Å²) in [4.78, 5) is 2.23. The van der Waals surface area contributed by atoms with Crippen molar-refractivity contribution in [1.29, 1.82) is 0 Å². The molecular weight excluding hydrogens is 274 g/mol. The minimum Gasteiger partial charge on any atom is -0.760 e. The van der Waals surface area contributed by atoms with E-state index in [1.807, 2.05) is 32.0 Å². The van der Waals surface area contributed by atoms with Crippen molar-refractivity contribution in [3.63, 3.8) is 0 Å². The fourth-order valence-electron chi connectivity index (χ4n) is 2.27. The lowest BCUT2D eigenvalue weighted by molar-refractivity contribution is 0.433. The molecule has 3 N–H and O–H groups in total. The van der Waals surface area contributed by atoms with Gasteiger partial charge in [-0.15, -0.1) is 0 Å². The third-order valence-corrected chi connectivity index (χ3v) is 3.97. The second-order valence-electron chi connectivity index (χ2n) is 5.45. The van der Waals surface area contributed by atoms with Gasteiger partial charge in [0.15, 0.2) is 0 Å². The smallest absolute Gasteiger partial charge is 0.0370 e. The molecule has 0 saturated carbocycles. The topological polar surface area (TPSA) is 81.4 Å². The lowest BCUT2D eigenvalue weighted by Crippen LogP contribution is -2.42. The van der Waals surface area contributed by atoms with Crippen LogP contribution in [0.3, 0.4) is 0 Å². The monoisotopic (exact) mass is 298 g/mol. The first-order valence-electron chi connectivity index (χ1n) is 6.79. The molecule has 0 radical (unpaired) electrons. The number of nitrogen functional groups attached to an aromatic ring is 1. The fraction of sp³-hybridized carbons (Fsp3) is 0.571. The number of hydrogen-bond donors (Lipinski definition) is 2. The molecule has 0 fully saturated rings. The molecule has 6 heteroatoms. The molecule has 0 spiro atoms. The van der Waals surface area contributed by atoms with Crippen LogP contribution in [0.25, 0.3) is 0 Å². The maximum absolute atomic E-state index is 10.8. The first kappa shape index (κ1) is 16.9. The highest BCUT2D eigenvalue weighted by Crippen LogP contribution is 2.25. The van der Waals surface area contributed by atoms with Crippen LogP contribution in [0, 0.1) is 0 Å². The highest BCUT2D eigenvalue weighted by Gasteiger charge is 2.20. The molecule has 0 aliphatic heterocycles. The van der Waals surface area contributed by atoms with Gasteiger partial charge in [-0.25, -0.2) is 4.72 Å². The summed E-state index contributed by atoms with van der Waals surface area (Å²) >= 11 is -2.28.